The maximum Gasteiger partial charge on any atom is 0.305 e. The summed E-state index contributed by atoms with van der Waals surface area (Å²) in [6.45, 7) is 6.89. The van der Waals surface area contributed by atoms with Gasteiger partial charge in [-0.05, 0) is 25.7 Å². The largest absolute Gasteiger partial charge is 0.466 e. The van der Waals surface area contributed by atoms with E-state index in [1.165, 1.54) is 70.6 Å². The van der Waals surface area contributed by atoms with E-state index in [2.05, 4.69) is 13.5 Å². The van der Waals surface area contributed by atoms with Gasteiger partial charge in [0.25, 0.3) is 0 Å². The van der Waals surface area contributed by atoms with Gasteiger partial charge >= 0.3 is 11.9 Å². The minimum absolute atomic E-state index is 0.0460. The third-order valence-corrected chi connectivity index (χ3v) is 5.86. The smallest absolute Gasteiger partial charge is 0.305 e. The first-order chi connectivity index (χ1) is 15.7. The number of rotatable bonds is 25. The Kier molecular flexibility index (Phi) is 24.9. The van der Waals surface area contributed by atoms with Gasteiger partial charge in [-0.2, -0.15) is 0 Å². The Bertz CT molecular complexity index is 433. The predicted molar refractivity (Wildman–Crippen MR) is 135 cm³/mol. The van der Waals surface area contributed by atoms with Crippen LogP contribution in [0.3, 0.4) is 0 Å². The molecule has 0 aromatic carbocycles. The number of carbonyl (C=O) groups excluding carboxylic acids is 2. The Hall–Kier alpha value is -1.32. The zero-order valence-electron chi connectivity index (χ0n) is 21.2. The maximum atomic E-state index is 11.8. The van der Waals surface area contributed by atoms with Gasteiger partial charge in [0, 0.05) is 12.8 Å². The van der Waals surface area contributed by atoms with E-state index in [0.717, 1.165) is 44.9 Å². The van der Waals surface area contributed by atoms with Crippen molar-refractivity contribution < 1.29 is 19.1 Å². The lowest BCUT2D eigenvalue weighted by Crippen LogP contribution is -2.05. The molecule has 0 rings (SSSR count). The summed E-state index contributed by atoms with van der Waals surface area (Å²) in [4.78, 5) is 23.2. The minimum atomic E-state index is -0.109. The van der Waals surface area contributed by atoms with Gasteiger partial charge in [-0.1, -0.05) is 109 Å². The second-order valence-corrected chi connectivity index (χ2v) is 9.03. The molecule has 4 nitrogen and oxygen atoms in total. The van der Waals surface area contributed by atoms with Crippen LogP contribution in [0.1, 0.15) is 142 Å². The predicted octanol–water partition coefficient (Wildman–Crippen LogP) is 8.47. The van der Waals surface area contributed by atoms with Gasteiger partial charge in [-0.3, -0.25) is 9.59 Å². The van der Waals surface area contributed by atoms with Crippen molar-refractivity contribution in [2.24, 2.45) is 0 Å². The monoisotopic (exact) mass is 452 g/mol. The van der Waals surface area contributed by atoms with Crippen LogP contribution < -0.4 is 0 Å². The average molecular weight is 453 g/mol. The normalized spacial score (nSPS) is 10.8. The van der Waals surface area contributed by atoms with Crippen molar-refractivity contribution in [2.45, 2.75) is 142 Å². The van der Waals surface area contributed by atoms with Crippen molar-refractivity contribution in [3.8, 4) is 0 Å². The molecule has 4 heteroatoms. The number of carbonyl (C=O) groups is 2. The molecule has 0 spiro atoms. The molecule has 0 N–H and O–H groups in total. The Balaban J connectivity index is 3.22. The van der Waals surface area contributed by atoms with E-state index in [-0.39, 0.29) is 11.9 Å². The first-order valence-electron chi connectivity index (χ1n) is 13.6. The Morgan fingerprint density at radius 1 is 0.562 bits per heavy atom. The Morgan fingerprint density at radius 2 is 0.938 bits per heavy atom. The molecular formula is C28H52O4. The molecule has 0 aliphatic rings. The van der Waals surface area contributed by atoms with E-state index in [9.17, 15) is 9.59 Å². The van der Waals surface area contributed by atoms with Crippen LogP contribution in [0.25, 0.3) is 0 Å². The summed E-state index contributed by atoms with van der Waals surface area (Å²) in [5.41, 5.74) is 0. The fourth-order valence-electron chi connectivity index (χ4n) is 3.78. The van der Waals surface area contributed by atoms with Crippen LogP contribution in [0.15, 0.2) is 12.7 Å². The lowest BCUT2D eigenvalue weighted by atomic mass is 10.1. The summed E-state index contributed by atoms with van der Waals surface area (Å²) in [7, 11) is 0. The van der Waals surface area contributed by atoms with Crippen molar-refractivity contribution in [1.29, 1.82) is 0 Å². The number of unbranched alkanes of at least 4 members (excludes halogenated alkanes) is 16. The zero-order valence-corrected chi connectivity index (χ0v) is 21.2. The highest BCUT2D eigenvalue weighted by Crippen LogP contribution is 2.12. The number of esters is 2. The van der Waals surface area contributed by atoms with Crippen LogP contribution >= 0.6 is 0 Å². The zero-order chi connectivity index (χ0) is 23.5. The fraction of sp³-hybridized carbons (Fsp3) is 0.857. The minimum Gasteiger partial charge on any atom is -0.466 e. The van der Waals surface area contributed by atoms with E-state index in [1.54, 1.807) is 6.08 Å². The van der Waals surface area contributed by atoms with Gasteiger partial charge < -0.3 is 9.47 Å². The number of hydrogen-bond donors (Lipinski definition) is 0. The lowest BCUT2D eigenvalue weighted by Gasteiger charge is -2.06. The SMILES string of the molecule is C=CCCOC(=O)CCCCCCCCC(=O)OCCCCCCCCCCCCCC. The molecule has 0 amide bonds. The first-order valence-corrected chi connectivity index (χ1v) is 13.6. The molecule has 188 valence electrons. The molecule has 0 aliphatic heterocycles. The Morgan fingerprint density at radius 3 is 1.38 bits per heavy atom. The quantitative estimate of drug-likeness (QED) is 0.0791. The van der Waals surface area contributed by atoms with Crippen LogP contribution in [-0.4, -0.2) is 25.2 Å². The highest BCUT2D eigenvalue weighted by Gasteiger charge is 2.04. The van der Waals surface area contributed by atoms with Crippen LogP contribution in [-0.2, 0) is 19.1 Å². The second-order valence-electron chi connectivity index (χ2n) is 9.03. The first kappa shape index (κ1) is 30.7. The van der Waals surface area contributed by atoms with Gasteiger partial charge in [0.05, 0.1) is 13.2 Å². The molecule has 0 saturated carbocycles. The highest BCUT2D eigenvalue weighted by molar-refractivity contribution is 5.69. The molecular weight excluding hydrogens is 400 g/mol. The fourth-order valence-corrected chi connectivity index (χ4v) is 3.78. The summed E-state index contributed by atoms with van der Waals surface area (Å²) in [5, 5.41) is 0. The van der Waals surface area contributed by atoms with Gasteiger partial charge in [0.1, 0.15) is 0 Å². The van der Waals surface area contributed by atoms with Gasteiger partial charge in [-0.25, -0.2) is 0 Å². The van der Waals surface area contributed by atoms with Crippen molar-refractivity contribution in [3.63, 3.8) is 0 Å². The molecule has 0 aromatic heterocycles. The van der Waals surface area contributed by atoms with E-state index in [0.29, 0.717) is 32.5 Å². The van der Waals surface area contributed by atoms with Crippen molar-refractivity contribution in [2.75, 3.05) is 13.2 Å². The summed E-state index contributed by atoms with van der Waals surface area (Å²) < 4.78 is 10.4. The summed E-state index contributed by atoms with van der Waals surface area (Å²) >= 11 is 0. The summed E-state index contributed by atoms with van der Waals surface area (Å²) in [6, 6.07) is 0. The van der Waals surface area contributed by atoms with Crippen LogP contribution in [0.4, 0.5) is 0 Å². The highest BCUT2D eigenvalue weighted by atomic mass is 16.5. The van der Waals surface area contributed by atoms with Crippen molar-refractivity contribution in [3.05, 3.63) is 12.7 Å². The number of ether oxygens (including phenoxy) is 2. The molecule has 0 aliphatic carbocycles. The van der Waals surface area contributed by atoms with Crippen LogP contribution in [0, 0.1) is 0 Å². The summed E-state index contributed by atoms with van der Waals surface area (Å²) in [6.07, 6.45) is 25.4. The van der Waals surface area contributed by atoms with Crippen LogP contribution in [0.2, 0.25) is 0 Å². The standard InChI is InChI=1S/C28H52O4/c1-3-5-7-8-9-10-11-12-13-16-19-22-26-32-28(30)24-21-18-15-14-17-20-23-27(29)31-25-6-4-2/h4H,2-3,5-26H2,1H3. The molecule has 0 aromatic rings. The van der Waals surface area contributed by atoms with Crippen LogP contribution in [0.5, 0.6) is 0 Å². The molecule has 0 atom stereocenters. The lowest BCUT2D eigenvalue weighted by molar-refractivity contribution is -0.144. The van der Waals surface area contributed by atoms with Gasteiger partial charge in [0.15, 0.2) is 0 Å². The summed E-state index contributed by atoms with van der Waals surface area (Å²) in [5.74, 6) is -0.155. The van der Waals surface area contributed by atoms with E-state index < -0.39 is 0 Å². The second kappa shape index (κ2) is 25.9. The Labute approximate surface area is 198 Å². The third kappa shape index (κ3) is 24.9. The van der Waals surface area contributed by atoms with Gasteiger partial charge in [0.2, 0.25) is 0 Å². The molecule has 32 heavy (non-hydrogen) atoms. The molecule has 0 bridgehead atoms. The molecule has 0 radical (unpaired) electrons. The van der Waals surface area contributed by atoms with E-state index >= 15 is 0 Å². The van der Waals surface area contributed by atoms with Gasteiger partial charge in [-0.15, -0.1) is 6.58 Å². The topological polar surface area (TPSA) is 52.6 Å². The molecule has 0 saturated heterocycles. The average Bonchev–Trinajstić information content (AvgIpc) is 2.79. The molecule has 0 heterocycles. The third-order valence-electron chi connectivity index (χ3n) is 5.86. The van der Waals surface area contributed by atoms with Crippen molar-refractivity contribution in [1.82, 2.24) is 0 Å². The van der Waals surface area contributed by atoms with E-state index in [1.807, 2.05) is 0 Å². The van der Waals surface area contributed by atoms with E-state index in [4.69, 9.17) is 9.47 Å². The maximum absolute atomic E-state index is 11.8. The molecule has 0 unspecified atom stereocenters. The number of hydrogen-bond acceptors (Lipinski definition) is 4. The van der Waals surface area contributed by atoms with Crippen molar-refractivity contribution >= 4 is 11.9 Å². The molecule has 0 fully saturated rings.